The van der Waals surface area contributed by atoms with Crippen molar-refractivity contribution >= 4 is 5.78 Å². The zero-order valence-corrected chi connectivity index (χ0v) is 11.7. The summed E-state index contributed by atoms with van der Waals surface area (Å²) in [6.07, 6.45) is 0. The predicted molar refractivity (Wildman–Crippen MR) is 76.9 cm³/mol. The van der Waals surface area contributed by atoms with Gasteiger partial charge in [-0.15, -0.1) is 0 Å². The number of aromatic hydroxyl groups is 1. The van der Waals surface area contributed by atoms with Gasteiger partial charge in [-0.05, 0) is 74.2 Å². The lowest BCUT2D eigenvalue weighted by Gasteiger charge is -2.14. The van der Waals surface area contributed by atoms with Gasteiger partial charge in [0.2, 0.25) is 0 Å². The summed E-state index contributed by atoms with van der Waals surface area (Å²) in [5, 5.41) is 9.30. The van der Waals surface area contributed by atoms with E-state index in [1.165, 1.54) is 0 Å². The molecule has 2 heteroatoms. The average Bonchev–Trinajstić information content (AvgIpc) is 2.37. The van der Waals surface area contributed by atoms with Crippen LogP contribution in [0, 0.1) is 27.7 Å². The molecular formula is C17H18O2. The number of ketones is 1. The van der Waals surface area contributed by atoms with Gasteiger partial charge in [0, 0.05) is 11.1 Å². The van der Waals surface area contributed by atoms with E-state index < -0.39 is 0 Å². The first kappa shape index (κ1) is 13.3. The van der Waals surface area contributed by atoms with Crippen molar-refractivity contribution in [3.05, 3.63) is 63.7 Å². The molecule has 0 saturated carbocycles. The number of phenolic OH excluding ortho intramolecular Hbond substituents is 1. The normalized spacial score (nSPS) is 10.5. The molecule has 1 N–H and O–H groups in total. The molecule has 0 heterocycles. The highest BCUT2D eigenvalue weighted by Crippen LogP contribution is 2.25. The monoisotopic (exact) mass is 254 g/mol. The van der Waals surface area contributed by atoms with Crippen LogP contribution in [0.15, 0.2) is 30.3 Å². The Morgan fingerprint density at radius 2 is 1.37 bits per heavy atom. The third-order valence-electron chi connectivity index (χ3n) is 3.72. The standard InChI is InChI=1S/C17H18O2/c1-10-9-11(2)13(4)16(12(10)3)17(19)14-5-7-15(18)8-6-14/h5-9,18H,1-4H3. The molecule has 0 saturated heterocycles. The maximum absolute atomic E-state index is 12.6. The molecule has 0 atom stereocenters. The van der Waals surface area contributed by atoms with E-state index in [2.05, 4.69) is 6.07 Å². The smallest absolute Gasteiger partial charge is 0.193 e. The molecule has 0 aliphatic heterocycles. The molecule has 0 aromatic heterocycles. The van der Waals surface area contributed by atoms with Crippen molar-refractivity contribution in [2.45, 2.75) is 27.7 Å². The van der Waals surface area contributed by atoms with Gasteiger partial charge in [0.25, 0.3) is 0 Å². The Labute approximate surface area is 113 Å². The van der Waals surface area contributed by atoms with Crippen LogP contribution < -0.4 is 0 Å². The van der Waals surface area contributed by atoms with E-state index in [1.54, 1.807) is 24.3 Å². The SMILES string of the molecule is Cc1cc(C)c(C)c(C(=O)c2ccc(O)cc2)c1C. The van der Waals surface area contributed by atoms with Gasteiger partial charge in [0.15, 0.2) is 5.78 Å². The van der Waals surface area contributed by atoms with Crippen molar-refractivity contribution in [1.82, 2.24) is 0 Å². The minimum Gasteiger partial charge on any atom is -0.508 e. The third kappa shape index (κ3) is 2.39. The molecule has 2 aromatic carbocycles. The molecule has 0 fully saturated rings. The Morgan fingerprint density at radius 1 is 0.895 bits per heavy atom. The second kappa shape index (κ2) is 4.88. The Balaban J connectivity index is 2.59. The number of phenols is 1. The fourth-order valence-corrected chi connectivity index (χ4v) is 2.31. The first-order valence-corrected chi connectivity index (χ1v) is 6.33. The van der Waals surface area contributed by atoms with Crippen LogP contribution in [0.5, 0.6) is 5.75 Å². The minimum atomic E-state index is 0.0156. The zero-order valence-electron chi connectivity index (χ0n) is 11.7. The highest BCUT2D eigenvalue weighted by atomic mass is 16.3. The summed E-state index contributed by atoms with van der Waals surface area (Å²) >= 11 is 0. The van der Waals surface area contributed by atoms with E-state index in [-0.39, 0.29) is 11.5 Å². The largest absolute Gasteiger partial charge is 0.508 e. The Hall–Kier alpha value is -2.09. The maximum atomic E-state index is 12.6. The number of aryl methyl sites for hydroxylation is 2. The zero-order chi connectivity index (χ0) is 14.2. The van der Waals surface area contributed by atoms with Gasteiger partial charge in [-0.2, -0.15) is 0 Å². The molecule has 0 bridgehead atoms. The van der Waals surface area contributed by atoms with Crippen LogP contribution in [0.4, 0.5) is 0 Å². The van der Waals surface area contributed by atoms with E-state index in [9.17, 15) is 9.90 Å². The van der Waals surface area contributed by atoms with E-state index in [0.717, 1.165) is 27.8 Å². The molecule has 2 rings (SSSR count). The summed E-state index contributed by atoms with van der Waals surface area (Å²) in [5.74, 6) is 0.187. The van der Waals surface area contributed by atoms with Crippen LogP contribution in [0.1, 0.15) is 38.2 Å². The second-order valence-electron chi connectivity index (χ2n) is 5.01. The number of carbonyl (C=O) groups is 1. The fourth-order valence-electron chi connectivity index (χ4n) is 2.31. The lowest BCUT2D eigenvalue weighted by molar-refractivity contribution is 0.103. The van der Waals surface area contributed by atoms with E-state index in [1.807, 2.05) is 27.7 Å². The lowest BCUT2D eigenvalue weighted by atomic mass is 9.89. The summed E-state index contributed by atoms with van der Waals surface area (Å²) in [6, 6.07) is 8.52. The summed E-state index contributed by atoms with van der Waals surface area (Å²) in [6.45, 7) is 8.01. The minimum absolute atomic E-state index is 0.0156. The van der Waals surface area contributed by atoms with Crippen molar-refractivity contribution in [2.24, 2.45) is 0 Å². The summed E-state index contributed by atoms with van der Waals surface area (Å²) in [7, 11) is 0. The molecule has 2 nitrogen and oxygen atoms in total. The van der Waals surface area contributed by atoms with Crippen LogP contribution in [0.2, 0.25) is 0 Å². The summed E-state index contributed by atoms with van der Waals surface area (Å²) < 4.78 is 0. The van der Waals surface area contributed by atoms with E-state index in [4.69, 9.17) is 0 Å². The maximum Gasteiger partial charge on any atom is 0.193 e. The quantitative estimate of drug-likeness (QED) is 0.826. The first-order valence-electron chi connectivity index (χ1n) is 6.33. The Bertz CT molecular complexity index is 611. The molecule has 0 spiro atoms. The van der Waals surface area contributed by atoms with Crippen molar-refractivity contribution in [2.75, 3.05) is 0 Å². The van der Waals surface area contributed by atoms with Gasteiger partial charge in [-0.25, -0.2) is 0 Å². The molecular weight excluding hydrogens is 236 g/mol. The van der Waals surface area contributed by atoms with E-state index in [0.29, 0.717) is 5.56 Å². The number of hydrogen-bond acceptors (Lipinski definition) is 2. The van der Waals surface area contributed by atoms with Crippen molar-refractivity contribution < 1.29 is 9.90 Å². The van der Waals surface area contributed by atoms with Gasteiger partial charge < -0.3 is 5.11 Å². The van der Waals surface area contributed by atoms with Crippen LogP contribution >= 0.6 is 0 Å². The number of benzene rings is 2. The molecule has 2 aromatic rings. The van der Waals surface area contributed by atoms with Crippen LogP contribution in [0.3, 0.4) is 0 Å². The van der Waals surface area contributed by atoms with Crippen LogP contribution in [-0.4, -0.2) is 10.9 Å². The molecule has 98 valence electrons. The van der Waals surface area contributed by atoms with Gasteiger partial charge in [-0.3, -0.25) is 4.79 Å². The first-order chi connectivity index (χ1) is 8.91. The van der Waals surface area contributed by atoms with Gasteiger partial charge in [0.1, 0.15) is 5.75 Å². The topological polar surface area (TPSA) is 37.3 Å². The lowest BCUT2D eigenvalue weighted by Crippen LogP contribution is -2.08. The fraction of sp³-hybridized carbons (Fsp3) is 0.235. The number of hydrogen-bond donors (Lipinski definition) is 1. The highest BCUT2D eigenvalue weighted by molar-refractivity contribution is 6.11. The Kier molecular flexibility index (Phi) is 3.43. The van der Waals surface area contributed by atoms with Crippen LogP contribution in [0.25, 0.3) is 0 Å². The van der Waals surface area contributed by atoms with Gasteiger partial charge in [-0.1, -0.05) is 6.07 Å². The van der Waals surface area contributed by atoms with Crippen LogP contribution in [-0.2, 0) is 0 Å². The van der Waals surface area contributed by atoms with Gasteiger partial charge >= 0.3 is 0 Å². The Morgan fingerprint density at radius 3 is 1.84 bits per heavy atom. The van der Waals surface area contributed by atoms with Crippen molar-refractivity contribution in [3.8, 4) is 5.75 Å². The molecule has 0 aliphatic carbocycles. The molecule has 0 unspecified atom stereocenters. The molecule has 0 aliphatic rings. The predicted octanol–water partition coefficient (Wildman–Crippen LogP) is 3.86. The van der Waals surface area contributed by atoms with E-state index >= 15 is 0 Å². The molecule has 19 heavy (non-hydrogen) atoms. The average molecular weight is 254 g/mol. The number of rotatable bonds is 2. The highest BCUT2D eigenvalue weighted by Gasteiger charge is 2.17. The van der Waals surface area contributed by atoms with Crippen molar-refractivity contribution in [1.29, 1.82) is 0 Å². The molecule has 0 radical (unpaired) electrons. The van der Waals surface area contributed by atoms with Gasteiger partial charge in [0.05, 0.1) is 0 Å². The third-order valence-corrected chi connectivity index (χ3v) is 3.72. The van der Waals surface area contributed by atoms with Crippen molar-refractivity contribution in [3.63, 3.8) is 0 Å². The molecule has 0 amide bonds. The second-order valence-corrected chi connectivity index (χ2v) is 5.01. The summed E-state index contributed by atoms with van der Waals surface area (Å²) in [5.41, 5.74) is 5.70. The number of carbonyl (C=O) groups excluding carboxylic acids is 1. The summed E-state index contributed by atoms with van der Waals surface area (Å²) in [4.78, 5) is 12.6.